The molecule has 0 amide bonds. The average molecular weight is 186 g/mol. The van der Waals surface area contributed by atoms with Crippen LogP contribution in [0.25, 0.3) is 0 Å². The van der Waals surface area contributed by atoms with Crippen molar-refractivity contribution in [1.82, 2.24) is 0 Å². The predicted molar refractivity (Wildman–Crippen MR) is 50.2 cm³/mol. The lowest BCUT2D eigenvalue weighted by atomic mass is 9.83. The highest BCUT2D eigenvalue weighted by Crippen LogP contribution is 2.26. The highest BCUT2D eigenvalue weighted by molar-refractivity contribution is 5.73. The van der Waals surface area contributed by atoms with E-state index in [0.717, 1.165) is 25.7 Å². The maximum atomic E-state index is 10.5. The fourth-order valence-electron chi connectivity index (χ4n) is 1.88. The minimum atomic E-state index is -0.894. The number of hydrogen-bond acceptors (Lipinski definition) is 3. The Labute approximate surface area is 78.3 Å². The molecule has 0 unspecified atom stereocenters. The fraction of sp³-hybridized carbons (Fsp3) is 0.889. The van der Waals surface area contributed by atoms with Crippen LogP contribution in [0, 0.1) is 5.92 Å². The van der Waals surface area contributed by atoms with Gasteiger partial charge in [-0.25, -0.2) is 0 Å². The summed E-state index contributed by atoms with van der Waals surface area (Å²) in [6.45, 7) is 0. The van der Waals surface area contributed by atoms with Crippen LogP contribution in [-0.2, 0) is 4.79 Å². The Morgan fingerprint density at radius 1 is 1.38 bits per heavy atom. The van der Waals surface area contributed by atoms with Gasteiger partial charge in [-0.05, 0) is 38.0 Å². The Hall–Kier alpha value is -0.610. The molecule has 1 atom stereocenters. The second-order valence-corrected chi connectivity index (χ2v) is 3.96. The molecular formula is C9H18N2O2. The van der Waals surface area contributed by atoms with E-state index in [1.807, 2.05) is 0 Å². The predicted octanol–water partition coefficient (Wildman–Crippen LogP) is 0.306. The van der Waals surface area contributed by atoms with E-state index in [4.69, 9.17) is 16.6 Å². The molecule has 0 aliphatic heterocycles. The minimum absolute atomic E-state index is 0.317. The van der Waals surface area contributed by atoms with Gasteiger partial charge in [0.2, 0.25) is 0 Å². The van der Waals surface area contributed by atoms with Gasteiger partial charge in [-0.1, -0.05) is 0 Å². The molecule has 0 saturated heterocycles. The van der Waals surface area contributed by atoms with Crippen molar-refractivity contribution in [3.8, 4) is 0 Å². The smallest absolute Gasteiger partial charge is 0.320 e. The van der Waals surface area contributed by atoms with E-state index < -0.39 is 12.0 Å². The van der Waals surface area contributed by atoms with E-state index in [1.165, 1.54) is 0 Å². The van der Waals surface area contributed by atoms with E-state index in [-0.39, 0.29) is 0 Å². The van der Waals surface area contributed by atoms with Crippen molar-refractivity contribution in [2.75, 3.05) is 0 Å². The molecule has 0 radical (unpaired) electrons. The Bertz CT molecular complexity index is 176. The van der Waals surface area contributed by atoms with Crippen LogP contribution in [0.15, 0.2) is 0 Å². The molecule has 1 fully saturated rings. The van der Waals surface area contributed by atoms with Gasteiger partial charge in [0.1, 0.15) is 6.04 Å². The lowest BCUT2D eigenvalue weighted by molar-refractivity contribution is -0.139. The van der Waals surface area contributed by atoms with Gasteiger partial charge in [0.05, 0.1) is 0 Å². The van der Waals surface area contributed by atoms with Gasteiger partial charge >= 0.3 is 5.97 Å². The van der Waals surface area contributed by atoms with Crippen LogP contribution < -0.4 is 11.5 Å². The first-order valence-electron chi connectivity index (χ1n) is 4.83. The number of carboxylic acids is 1. The molecule has 5 N–H and O–H groups in total. The second-order valence-electron chi connectivity index (χ2n) is 3.96. The van der Waals surface area contributed by atoms with Gasteiger partial charge in [0, 0.05) is 6.04 Å². The molecule has 1 rings (SSSR count). The first-order chi connectivity index (χ1) is 6.09. The van der Waals surface area contributed by atoms with Crippen molar-refractivity contribution in [2.45, 2.75) is 44.2 Å². The zero-order valence-electron chi connectivity index (χ0n) is 7.78. The van der Waals surface area contributed by atoms with Crippen molar-refractivity contribution >= 4 is 5.97 Å². The molecule has 0 bridgehead atoms. The maximum absolute atomic E-state index is 10.5. The van der Waals surface area contributed by atoms with E-state index in [0.29, 0.717) is 18.4 Å². The topological polar surface area (TPSA) is 89.3 Å². The van der Waals surface area contributed by atoms with E-state index in [2.05, 4.69) is 0 Å². The molecule has 0 heterocycles. The quantitative estimate of drug-likeness (QED) is 0.591. The molecule has 1 aliphatic rings. The lowest BCUT2D eigenvalue weighted by Gasteiger charge is -2.26. The van der Waals surface area contributed by atoms with Crippen molar-refractivity contribution in [1.29, 1.82) is 0 Å². The molecule has 13 heavy (non-hydrogen) atoms. The summed E-state index contributed by atoms with van der Waals surface area (Å²) >= 11 is 0. The van der Waals surface area contributed by atoms with Gasteiger partial charge < -0.3 is 16.6 Å². The van der Waals surface area contributed by atoms with Crippen LogP contribution in [0.2, 0.25) is 0 Å². The summed E-state index contributed by atoms with van der Waals surface area (Å²) in [4.78, 5) is 10.5. The van der Waals surface area contributed by atoms with Gasteiger partial charge in [-0.15, -0.1) is 0 Å². The zero-order chi connectivity index (χ0) is 9.84. The second kappa shape index (κ2) is 4.58. The Morgan fingerprint density at radius 3 is 2.38 bits per heavy atom. The maximum Gasteiger partial charge on any atom is 0.320 e. The third-order valence-electron chi connectivity index (χ3n) is 2.80. The summed E-state index contributed by atoms with van der Waals surface area (Å²) in [6.07, 6.45) is 4.68. The monoisotopic (exact) mass is 186 g/mol. The SMILES string of the molecule is N[C@@H](C[C@H]1CC[C@@H](N)CC1)C(=O)O. The Balaban J connectivity index is 2.26. The highest BCUT2D eigenvalue weighted by atomic mass is 16.4. The zero-order valence-corrected chi connectivity index (χ0v) is 7.78. The summed E-state index contributed by atoms with van der Waals surface area (Å²) in [5.74, 6) is -0.430. The summed E-state index contributed by atoms with van der Waals surface area (Å²) in [6, 6.07) is -0.378. The summed E-state index contributed by atoms with van der Waals surface area (Å²) in [5.41, 5.74) is 11.2. The Morgan fingerprint density at radius 2 is 1.92 bits per heavy atom. The normalized spacial score (nSPS) is 31.2. The minimum Gasteiger partial charge on any atom is -0.480 e. The third kappa shape index (κ3) is 3.32. The van der Waals surface area contributed by atoms with Crippen molar-refractivity contribution in [2.24, 2.45) is 17.4 Å². The highest BCUT2D eigenvalue weighted by Gasteiger charge is 2.23. The molecule has 1 saturated carbocycles. The number of carbonyl (C=O) groups is 1. The lowest BCUT2D eigenvalue weighted by Crippen LogP contribution is -2.35. The van der Waals surface area contributed by atoms with Crippen LogP contribution in [0.4, 0.5) is 0 Å². The van der Waals surface area contributed by atoms with Crippen LogP contribution in [0.1, 0.15) is 32.1 Å². The summed E-state index contributed by atoms with van der Waals surface area (Å²) in [5, 5.41) is 8.61. The summed E-state index contributed by atoms with van der Waals surface area (Å²) < 4.78 is 0. The van der Waals surface area contributed by atoms with Crippen LogP contribution in [-0.4, -0.2) is 23.2 Å². The molecule has 4 nitrogen and oxygen atoms in total. The first kappa shape index (κ1) is 10.5. The third-order valence-corrected chi connectivity index (χ3v) is 2.80. The summed E-state index contributed by atoms with van der Waals surface area (Å²) in [7, 11) is 0. The average Bonchev–Trinajstić information content (AvgIpc) is 2.08. The molecule has 0 aromatic carbocycles. The van der Waals surface area contributed by atoms with Gasteiger partial charge in [-0.2, -0.15) is 0 Å². The molecule has 0 aromatic heterocycles. The van der Waals surface area contributed by atoms with Crippen LogP contribution >= 0.6 is 0 Å². The van der Waals surface area contributed by atoms with Crippen molar-refractivity contribution in [3.63, 3.8) is 0 Å². The van der Waals surface area contributed by atoms with E-state index in [9.17, 15) is 4.79 Å². The molecular weight excluding hydrogens is 168 g/mol. The standard InChI is InChI=1S/C9H18N2O2/c10-7-3-1-6(2-4-7)5-8(11)9(12)13/h6-8H,1-5,10-11H2,(H,12,13)/t6-,7+,8-/m0/s1. The van der Waals surface area contributed by atoms with Gasteiger partial charge in [-0.3, -0.25) is 4.79 Å². The van der Waals surface area contributed by atoms with Crippen LogP contribution in [0.5, 0.6) is 0 Å². The Kier molecular flexibility index (Phi) is 3.69. The van der Waals surface area contributed by atoms with Crippen molar-refractivity contribution < 1.29 is 9.90 Å². The largest absolute Gasteiger partial charge is 0.480 e. The van der Waals surface area contributed by atoms with E-state index >= 15 is 0 Å². The molecule has 0 aromatic rings. The number of aliphatic carboxylic acids is 1. The number of carboxylic acid groups (broad SMARTS) is 1. The molecule has 76 valence electrons. The first-order valence-corrected chi connectivity index (χ1v) is 4.83. The van der Waals surface area contributed by atoms with Crippen LogP contribution in [0.3, 0.4) is 0 Å². The van der Waals surface area contributed by atoms with Gasteiger partial charge in [0.15, 0.2) is 0 Å². The number of hydrogen-bond donors (Lipinski definition) is 3. The molecule has 4 heteroatoms. The molecule has 0 spiro atoms. The van der Waals surface area contributed by atoms with Crippen molar-refractivity contribution in [3.05, 3.63) is 0 Å². The van der Waals surface area contributed by atoms with Gasteiger partial charge in [0.25, 0.3) is 0 Å². The number of rotatable bonds is 3. The number of nitrogens with two attached hydrogens (primary N) is 2. The van der Waals surface area contributed by atoms with E-state index in [1.54, 1.807) is 0 Å². The fourth-order valence-corrected chi connectivity index (χ4v) is 1.88. The molecule has 1 aliphatic carbocycles.